The molecule has 0 bridgehead atoms. The molecule has 0 aliphatic rings. The molecule has 128 valence electrons. The summed E-state index contributed by atoms with van der Waals surface area (Å²) >= 11 is 0. The molecule has 26 heavy (non-hydrogen) atoms. The first-order valence-electron chi connectivity index (χ1n) is 7.80. The summed E-state index contributed by atoms with van der Waals surface area (Å²) in [6.07, 6.45) is 2.73. The van der Waals surface area contributed by atoms with Crippen molar-refractivity contribution in [2.24, 2.45) is 0 Å². The van der Waals surface area contributed by atoms with Crippen molar-refractivity contribution in [1.82, 2.24) is 19.5 Å². The van der Waals surface area contributed by atoms with Crippen LogP contribution in [0.5, 0.6) is 11.6 Å². The van der Waals surface area contributed by atoms with E-state index in [1.807, 2.05) is 43.3 Å². The van der Waals surface area contributed by atoms with Crippen LogP contribution < -0.4 is 4.74 Å². The number of nitro groups is 1. The van der Waals surface area contributed by atoms with Gasteiger partial charge in [-0.1, -0.05) is 29.8 Å². The van der Waals surface area contributed by atoms with Gasteiger partial charge < -0.3 is 4.74 Å². The summed E-state index contributed by atoms with van der Waals surface area (Å²) in [5.41, 5.74) is 2.15. The second-order valence-corrected chi connectivity index (χ2v) is 5.63. The van der Waals surface area contributed by atoms with Crippen LogP contribution in [0.4, 0.5) is 5.69 Å². The highest BCUT2D eigenvalue weighted by Crippen LogP contribution is 2.34. The summed E-state index contributed by atoms with van der Waals surface area (Å²) in [5.74, 6) is 0.432. The molecule has 0 saturated heterocycles. The summed E-state index contributed by atoms with van der Waals surface area (Å²) in [7, 11) is 0. The van der Waals surface area contributed by atoms with Gasteiger partial charge in [-0.05, 0) is 31.2 Å². The number of fused-ring (bicyclic) bond motifs is 1. The maximum atomic E-state index is 11.7. The number of rotatable bonds is 4. The summed E-state index contributed by atoms with van der Waals surface area (Å²) in [6, 6.07) is 14.5. The second kappa shape index (κ2) is 6.25. The number of aryl methyl sites for hydroxylation is 1. The molecule has 4 aromatic rings. The minimum absolute atomic E-state index is 0.0980. The van der Waals surface area contributed by atoms with Crippen LogP contribution in [0.3, 0.4) is 0 Å². The first-order valence-corrected chi connectivity index (χ1v) is 7.80. The fourth-order valence-corrected chi connectivity index (χ4v) is 2.61. The average molecular weight is 347 g/mol. The van der Waals surface area contributed by atoms with Gasteiger partial charge in [0.05, 0.1) is 16.0 Å². The quantitative estimate of drug-likeness (QED) is 0.411. The maximum Gasteiger partial charge on any atom is 0.374 e. The zero-order valence-electron chi connectivity index (χ0n) is 13.7. The highest BCUT2D eigenvalue weighted by molar-refractivity contribution is 5.78. The Labute approximate surface area is 147 Å². The first-order chi connectivity index (χ1) is 12.6. The molecule has 0 atom stereocenters. The summed E-state index contributed by atoms with van der Waals surface area (Å²) in [4.78, 5) is 23.5. The third-order valence-electron chi connectivity index (χ3n) is 3.87. The zero-order valence-corrected chi connectivity index (χ0v) is 13.7. The maximum absolute atomic E-state index is 11.7. The SMILES string of the molecule is Cc1ccc(Oc2ncnc(-n3cnc4ccccc43)c2[N+](=O)[O-])cc1. The largest absolute Gasteiger partial charge is 0.434 e. The summed E-state index contributed by atoms with van der Waals surface area (Å²) < 4.78 is 7.20. The molecular formula is C18H13N5O3. The molecule has 2 aromatic heterocycles. The van der Waals surface area contributed by atoms with Crippen molar-refractivity contribution < 1.29 is 9.66 Å². The molecule has 2 heterocycles. The lowest BCUT2D eigenvalue weighted by Gasteiger charge is -2.09. The van der Waals surface area contributed by atoms with Gasteiger partial charge in [0, 0.05) is 0 Å². The molecular weight excluding hydrogens is 334 g/mol. The molecule has 0 N–H and O–H groups in total. The molecule has 8 nitrogen and oxygen atoms in total. The lowest BCUT2D eigenvalue weighted by molar-refractivity contribution is -0.386. The minimum Gasteiger partial charge on any atom is -0.434 e. The van der Waals surface area contributed by atoms with Crippen LogP contribution in [0.25, 0.3) is 16.9 Å². The molecule has 0 amide bonds. The normalized spacial score (nSPS) is 10.8. The van der Waals surface area contributed by atoms with Gasteiger partial charge in [-0.25, -0.2) is 9.97 Å². The molecule has 0 fully saturated rings. The number of ether oxygens (including phenoxy) is 1. The summed E-state index contributed by atoms with van der Waals surface area (Å²) in [5, 5.41) is 11.7. The van der Waals surface area contributed by atoms with E-state index >= 15 is 0 Å². The standard InChI is InChI=1S/C18H13N5O3/c1-12-6-8-13(9-7-12)26-18-16(23(24)25)17(19-10-20-18)22-11-21-14-4-2-3-5-15(14)22/h2-11H,1H3. The lowest BCUT2D eigenvalue weighted by atomic mass is 10.2. The Kier molecular flexibility index (Phi) is 3.77. The Balaban J connectivity index is 1.86. The van der Waals surface area contributed by atoms with Crippen LogP contribution in [-0.4, -0.2) is 24.4 Å². The Morgan fingerprint density at radius 1 is 1.04 bits per heavy atom. The van der Waals surface area contributed by atoms with Crippen molar-refractivity contribution in [2.75, 3.05) is 0 Å². The van der Waals surface area contributed by atoms with Gasteiger partial charge in [0.25, 0.3) is 0 Å². The van der Waals surface area contributed by atoms with E-state index in [1.165, 1.54) is 12.7 Å². The van der Waals surface area contributed by atoms with Crippen LogP contribution in [0, 0.1) is 17.0 Å². The number of para-hydroxylation sites is 2. The molecule has 0 spiro atoms. The van der Waals surface area contributed by atoms with Crippen LogP contribution in [0.15, 0.2) is 61.2 Å². The predicted octanol–water partition coefficient (Wildman–Crippen LogP) is 3.82. The van der Waals surface area contributed by atoms with E-state index in [9.17, 15) is 10.1 Å². The van der Waals surface area contributed by atoms with Crippen molar-refractivity contribution in [2.45, 2.75) is 6.92 Å². The number of hydrogen-bond acceptors (Lipinski definition) is 6. The van der Waals surface area contributed by atoms with Gasteiger partial charge in [0.15, 0.2) is 0 Å². The van der Waals surface area contributed by atoms with E-state index in [-0.39, 0.29) is 17.4 Å². The van der Waals surface area contributed by atoms with E-state index < -0.39 is 4.92 Å². The first kappa shape index (κ1) is 15.7. The third kappa shape index (κ3) is 2.73. The number of benzene rings is 2. The van der Waals surface area contributed by atoms with Crippen LogP contribution >= 0.6 is 0 Å². The van der Waals surface area contributed by atoms with Crippen molar-refractivity contribution in [1.29, 1.82) is 0 Å². The van der Waals surface area contributed by atoms with Gasteiger partial charge >= 0.3 is 11.6 Å². The molecule has 8 heteroatoms. The fraction of sp³-hybridized carbons (Fsp3) is 0.0556. The average Bonchev–Trinajstić information content (AvgIpc) is 3.07. The number of nitrogens with zero attached hydrogens (tertiary/aromatic N) is 5. The predicted molar refractivity (Wildman–Crippen MR) is 94.6 cm³/mol. The van der Waals surface area contributed by atoms with Crippen molar-refractivity contribution in [3.63, 3.8) is 0 Å². The zero-order chi connectivity index (χ0) is 18.1. The van der Waals surface area contributed by atoms with Crippen LogP contribution in [-0.2, 0) is 0 Å². The van der Waals surface area contributed by atoms with E-state index in [4.69, 9.17) is 4.74 Å². The van der Waals surface area contributed by atoms with Gasteiger partial charge in [-0.2, -0.15) is 4.98 Å². The molecule has 0 radical (unpaired) electrons. The smallest absolute Gasteiger partial charge is 0.374 e. The van der Waals surface area contributed by atoms with Crippen molar-refractivity contribution in [3.8, 4) is 17.4 Å². The monoisotopic (exact) mass is 347 g/mol. The Bertz CT molecular complexity index is 1110. The topological polar surface area (TPSA) is 96.0 Å². The highest BCUT2D eigenvalue weighted by atomic mass is 16.6. The molecule has 0 unspecified atom stereocenters. The van der Waals surface area contributed by atoms with Crippen molar-refractivity contribution in [3.05, 3.63) is 76.9 Å². The fourth-order valence-electron chi connectivity index (χ4n) is 2.61. The van der Waals surface area contributed by atoms with E-state index in [0.717, 1.165) is 5.56 Å². The molecule has 0 aliphatic heterocycles. The van der Waals surface area contributed by atoms with Gasteiger partial charge in [-0.3, -0.25) is 14.7 Å². The molecule has 2 aromatic carbocycles. The Morgan fingerprint density at radius 2 is 1.81 bits per heavy atom. The van der Waals surface area contributed by atoms with E-state index in [0.29, 0.717) is 16.8 Å². The van der Waals surface area contributed by atoms with Crippen molar-refractivity contribution >= 4 is 16.7 Å². The van der Waals surface area contributed by atoms with Gasteiger partial charge in [-0.15, -0.1) is 0 Å². The lowest BCUT2D eigenvalue weighted by Crippen LogP contribution is -2.05. The second-order valence-electron chi connectivity index (χ2n) is 5.63. The van der Waals surface area contributed by atoms with E-state index in [2.05, 4.69) is 15.0 Å². The third-order valence-corrected chi connectivity index (χ3v) is 3.87. The Hall–Kier alpha value is -3.81. The molecule has 0 aliphatic carbocycles. The number of imidazole rings is 1. The highest BCUT2D eigenvalue weighted by Gasteiger charge is 2.27. The Morgan fingerprint density at radius 3 is 2.58 bits per heavy atom. The molecule has 0 saturated carbocycles. The molecule has 4 rings (SSSR count). The minimum atomic E-state index is -0.548. The van der Waals surface area contributed by atoms with Crippen LogP contribution in [0.1, 0.15) is 5.56 Å². The van der Waals surface area contributed by atoms with Gasteiger partial charge in [0.2, 0.25) is 5.82 Å². The van der Waals surface area contributed by atoms with E-state index in [1.54, 1.807) is 16.7 Å². The van der Waals surface area contributed by atoms with Crippen LogP contribution in [0.2, 0.25) is 0 Å². The number of hydrogen-bond donors (Lipinski definition) is 0. The van der Waals surface area contributed by atoms with Gasteiger partial charge in [0.1, 0.15) is 18.4 Å². The number of aromatic nitrogens is 4. The summed E-state index contributed by atoms with van der Waals surface area (Å²) in [6.45, 7) is 1.94.